The summed E-state index contributed by atoms with van der Waals surface area (Å²) in [5.41, 5.74) is 3.59. The van der Waals surface area contributed by atoms with E-state index in [9.17, 15) is 4.79 Å². The lowest BCUT2D eigenvalue weighted by molar-refractivity contribution is -0.123. The van der Waals surface area contributed by atoms with Crippen LogP contribution < -0.4 is 10.6 Å². The van der Waals surface area contributed by atoms with Crippen LogP contribution in [0.15, 0.2) is 61.2 Å². The molecule has 0 radical (unpaired) electrons. The second kappa shape index (κ2) is 9.06. The van der Waals surface area contributed by atoms with Gasteiger partial charge < -0.3 is 15.0 Å². The molecule has 174 valence electrons. The summed E-state index contributed by atoms with van der Waals surface area (Å²) in [6.45, 7) is 4.33. The number of carbonyl (C=O) groups excluding carboxylic acids is 1. The fraction of sp³-hybridized carbons (Fsp3) is 0.308. The third-order valence-corrected chi connectivity index (χ3v) is 6.32. The van der Waals surface area contributed by atoms with Crippen molar-refractivity contribution in [2.24, 2.45) is 5.41 Å². The molecule has 7 nitrogen and oxygen atoms in total. The highest BCUT2D eigenvalue weighted by molar-refractivity contribution is 6.30. The van der Waals surface area contributed by atoms with Crippen molar-refractivity contribution in [2.75, 3.05) is 10.6 Å². The number of imidazole rings is 1. The van der Waals surface area contributed by atoms with Gasteiger partial charge >= 0.3 is 0 Å². The number of hydrogen-bond acceptors (Lipinski definition) is 5. The molecular weight excluding hydrogens is 448 g/mol. The van der Waals surface area contributed by atoms with Crippen LogP contribution >= 0.6 is 11.6 Å². The van der Waals surface area contributed by atoms with Gasteiger partial charge in [0.15, 0.2) is 0 Å². The van der Waals surface area contributed by atoms with Crippen LogP contribution in [0.1, 0.15) is 49.4 Å². The minimum Gasteiger partial charge on any atom is -0.364 e. The lowest BCUT2D eigenvalue weighted by atomic mass is 9.85. The van der Waals surface area contributed by atoms with Crippen molar-refractivity contribution < 1.29 is 4.79 Å². The second-order valence-electron chi connectivity index (χ2n) is 9.52. The van der Waals surface area contributed by atoms with Gasteiger partial charge in [-0.2, -0.15) is 0 Å². The van der Waals surface area contributed by atoms with Crippen molar-refractivity contribution in [3.05, 3.63) is 83.0 Å². The van der Waals surface area contributed by atoms with E-state index in [0.717, 1.165) is 16.9 Å². The van der Waals surface area contributed by atoms with Crippen LogP contribution in [-0.2, 0) is 17.8 Å². The van der Waals surface area contributed by atoms with Gasteiger partial charge in [-0.1, -0.05) is 43.6 Å². The molecule has 0 atom stereocenters. The number of rotatable bonds is 8. The molecule has 0 aliphatic heterocycles. The van der Waals surface area contributed by atoms with E-state index in [1.165, 1.54) is 24.7 Å². The summed E-state index contributed by atoms with van der Waals surface area (Å²) in [5.74, 6) is 1.65. The van der Waals surface area contributed by atoms with Crippen LogP contribution in [0.5, 0.6) is 0 Å². The zero-order valence-electron chi connectivity index (χ0n) is 19.3. The van der Waals surface area contributed by atoms with Gasteiger partial charge in [-0.05, 0) is 54.5 Å². The summed E-state index contributed by atoms with van der Waals surface area (Å²) in [4.78, 5) is 26.1. The number of nitrogens with one attached hydrogen (secondary N) is 2. The maximum absolute atomic E-state index is 13.0. The van der Waals surface area contributed by atoms with Gasteiger partial charge in [-0.3, -0.25) is 4.79 Å². The molecule has 0 spiro atoms. The summed E-state index contributed by atoms with van der Waals surface area (Å²) >= 11 is 6.09. The first-order valence-electron chi connectivity index (χ1n) is 11.5. The van der Waals surface area contributed by atoms with Crippen LogP contribution in [0.2, 0.25) is 5.02 Å². The van der Waals surface area contributed by atoms with Gasteiger partial charge in [0.05, 0.1) is 12.2 Å². The molecule has 1 amide bonds. The first-order chi connectivity index (χ1) is 16.4. The Labute approximate surface area is 203 Å². The molecule has 2 N–H and O–H groups in total. The average Bonchev–Trinajstić information content (AvgIpc) is 3.57. The maximum atomic E-state index is 13.0. The molecule has 4 aromatic rings. The fourth-order valence-corrected chi connectivity index (χ4v) is 4.24. The monoisotopic (exact) mass is 474 g/mol. The quantitative estimate of drug-likeness (QED) is 0.353. The molecule has 1 aromatic carbocycles. The van der Waals surface area contributed by atoms with Gasteiger partial charge in [-0.25, -0.2) is 15.0 Å². The Morgan fingerprint density at radius 2 is 1.94 bits per heavy atom. The molecule has 1 fully saturated rings. The number of carbonyl (C=O) groups is 1. The first kappa shape index (κ1) is 22.3. The lowest BCUT2D eigenvalue weighted by Crippen LogP contribution is -2.33. The van der Waals surface area contributed by atoms with Gasteiger partial charge in [0.25, 0.3) is 0 Å². The predicted octanol–water partition coefficient (Wildman–Crippen LogP) is 5.47. The van der Waals surface area contributed by atoms with Crippen LogP contribution in [0.25, 0.3) is 5.65 Å². The van der Waals surface area contributed by atoms with E-state index in [-0.39, 0.29) is 5.91 Å². The zero-order valence-corrected chi connectivity index (χ0v) is 20.0. The number of anilines is 2. The van der Waals surface area contributed by atoms with E-state index in [0.29, 0.717) is 35.5 Å². The highest BCUT2D eigenvalue weighted by atomic mass is 35.5. The highest BCUT2D eigenvalue weighted by Gasteiger charge is 2.28. The summed E-state index contributed by atoms with van der Waals surface area (Å²) in [6, 6.07) is 13.5. The van der Waals surface area contributed by atoms with E-state index in [1.807, 2.05) is 44.3 Å². The molecule has 3 heterocycles. The van der Waals surface area contributed by atoms with Gasteiger partial charge in [-0.15, -0.1) is 0 Å². The highest BCUT2D eigenvalue weighted by Crippen LogP contribution is 2.39. The van der Waals surface area contributed by atoms with Crippen LogP contribution in [0.3, 0.4) is 0 Å². The van der Waals surface area contributed by atoms with Gasteiger partial charge in [0, 0.05) is 28.9 Å². The number of halogens is 1. The number of hydrogen-bond donors (Lipinski definition) is 2. The van der Waals surface area contributed by atoms with Crippen LogP contribution in [0.4, 0.5) is 11.6 Å². The van der Waals surface area contributed by atoms with Crippen molar-refractivity contribution in [1.82, 2.24) is 19.4 Å². The van der Waals surface area contributed by atoms with E-state index in [1.54, 1.807) is 6.07 Å². The molecule has 1 saturated carbocycles. The predicted molar refractivity (Wildman–Crippen MR) is 134 cm³/mol. The van der Waals surface area contributed by atoms with E-state index in [2.05, 4.69) is 48.3 Å². The van der Waals surface area contributed by atoms with Crippen molar-refractivity contribution >= 4 is 34.8 Å². The van der Waals surface area contributed by atoms with Crippen molar-refractivity contribution in [3.8, 4) is 0 Å². The molecular formula is C26H27ClN6O. The molecule has 0 saturated heterocycles. The van der Waals surface area contributed by atoms with E-state index in [4.69, 9.17) is 11.6 Å². The fourth-order valence-electron chi connectivity index (χ4n) is 4.03. The topological polar surface area (TPSA) is 84.2 Å². The van der Waals surface area contributed by atoms with Gasteiger partial charge in [0.2, 0.25) is 5.91 Å². The molecule has 3 aromatic heterocycles. The number of amides is 1. The lowest BCUT2D eigenvalue weighted by Gasteiger charge is -2.23. The van der Waals surface area contributed by atoms with Crippen LogP contribution in [0, 0.1) is 5.41 Å². The van der Waals surface area contributed by atoms with Crippen molar-refractivity contribution in [2.45, 2.75) is 45.6 Å². The minimum atomic E-state index is -0.640. The van der Waals surface area contributed by atoms with Crippen LogP contribution in [-0.4, -0.2) is 25.3 Å². The maximum Gasteiger partial charge on any atom is 0.231 e. The Bertz CT molecular complexity index is 1340. The Morgan fingerprint density at radius 1 is 1.12 bits per heavy atom. The molecule has 8 heteroatoms. The molecule has 0 bridgehead atoms. The second-order valence-corrected chi connectivity index (χ2v) is 9.96. The third-order valence-electron chi connectivity index (χ3n) is 6.08. The number of aromatic nitrogens is 4. The number of pyridine rings is 1. The molecule has 0 unspecified atom stereocenters. The van der Waals surface area contributed by atoms with E-state index < -0.39 is 5.41 Å². The van der Waals surface area contributed by atoms with Gasteiger partial charge in [0.1, 0.15) is 23.6 Å². The zero-order chi connectivity index (χ0) is 23.7. The number of fused-ring (bicyclic) bond motifs is 1. The van der Waals surface area contributed by atoms with Crippen molar-refractivity contribution in [3.63, 3.8) is 0 Å². The van der Waals surface area contributed by atoms with E-state index >= 15 is 0 Å². The smallest absolute Gasteiger partial charge is 0.231 e. The molecule has 34 heavy (non-hydrogen) atoms. The summed E-state index contributed by atoms with van der Waals surface area (Å²) in [5, 5.41) is 6.86. The largest absolute Gasteiger partial charge is 0.364 e. The minimum absolute atomic E-state index is 0.121. The first-order valence-corrected chi connectivity index (χ1v) is 11.8. The Balaban J connectivity index is 1.22. The Morgan fingerprint density at radius 3 is 2.74 bits per heavy atom. The molecule has 1 aliphatic carbocycles. The number of nitrogens with zero attached hydrogens (tertiary/aromatic N) is 4. The van der Waals surface area contributed by atoms with Crippen molar-refractivity contribution in [1.29, 1.82) is 0 Å². The molecule has 5 rings (SSSR count). The normalized spacial score (nSPS) is 13.7. The standard InChI is InChI=1S/C26H27ClN6O/c1-26(2,12-17-4-3-5-20(27)10-17)25(34)32-23-11-22(29-16-30-23)28-13-21-15-33-14-19(18-6-7-18)8-9-24(33)31-21/h3-5,8-11,14-16,18H,6-7,12-13H2,1-2H3,(H2,28,29,30,32,34). The summed E-state index contributed by atoms with van der Waals surface area (Å²) in [6.07, 6.45) is 8.76. The summed E-state index contributed by atoms with van der Waals surface area (Å²) < 4.78 is 2.08. The number of benzene rings is 1. The average molecular weight is 475 g/mol. The molecule has 1 aliphatic rings. The Hall–Kier alpha value is -3.45. The SMILES string of the molecule is CC(C)(Cc1cccc(Cl)c1)C(=O)Nc1cc(NCc2cn3cc(C4CC4)ccc3n2)ncn1. The Kier molecular flexibility index (Phi) is 5.96. The summed E-state index contributed by atoms with van der Waals surface area (Å²) in [7, 11) is 0. The third kappa shape index (κ3) is 5.20.